The lowest BCUT2D eigenvalue weighted by atomic mass is 10.2. The smallest absolute Gasteiger partial charge is 0.120 e. The van der Waals surface area contributed by atoms with Gasteiger partial charge in [-0.3, -0.25) is 15.0 Å². The minimum Gasteiger partial charge on any atom is -0.489 e. The molecule has 0 atom stereocenters. The minimum atomic E-state index is 0.531. The summed E-state index contributed by atoms with van der Waals surface area (Å²) in [7, 11) is 4.06. The van der Waals surface area contributed by atoms with E-state index in [2.05, 4.69) is 38.5 Å². The number of ether oxygens (including phenoxy) is 1. The second-order valence-corrected chi connectivity index (χ2v) is 5.86. The van der Waals surface area contributed by atoms with Crippen LogP contribution in [0.25, 0.3) is 10.9 Å². The van der Waals surface area contributed by atoms with Crippen LogP contribution in [0.2, 0.25) is 0 Å². The highest BCUT2D eigenvalue weighted by molar-refractivity contribution is 5.82. The number of nitrogens with zero attached hydrogens (tertiary/aromatic N) is 3. The SMILES string of the molecule is CNCCN(C)Cc1n[nH]c2ccc(OCc3ccncc3)cc12. The first-order valence-electron chi connectivity index (χ1n) is 8.08. The van der Waals surface area contributed by atoms with Gasteiger partial charge in [0.2, 0.25) is 0 Å². The molecule has 0 fully saturated rings. The van der Waals surface area contributed by atoms with E-state index >= 15 is 0 Å². The normalized spacial score (nSPS) is 11.3. The Labute approximate surface area is 141 Å². The number of fused-ring (bicyclic) bond motifs is 1. The third-order valence-electron chi connectivity index (χ3n) is 3.93. The minimum absolute atomic E-state index is 0.531. The van der Waals surface area contributed by atoms with Crippen LogP contribution in [0.4, 0.5) is 0 Å². The molecule has 126 valence electrons. The van der Waals surface area contributed by atoms with Crippen molar-refractivity contribution in [2.75, 3.05) is 27.2 Å². The maximum absolute atomic E-state index is 5.90. The zero-order valence-electron chi connectivity index (χ0n) is 14.1. The monoisotopic (exact) mass is 325 g/mol. The van der Waals surface area contributed by atoms with Gasteiger partial charge in [-0.25, -0.2) is 0 Å². The number of likely N-dealkylation sites (N-methyl/N-ethyl adjacent to an activating group) is 2. The molecule has 6 heteroatoms. The second kappa shape index (κ2) is 7.90. The summed E-state index contributed by atoms with van der Waals surface area (Å²) in [6, 6.07) is 9.95. The zero-order chi connectivity index (χ0) is 16.8. The van der Waals surface area contributed by atoms with Crippen molar-refractivity contribution in [3.8, 4) is 5.75 Å². The Kier molecular flexibility index (Phi) is 5.40. The van der Waals surface area contributed by atoms with Gasteiger partial charge < -0.3 is 10.1 Å². The van der Waals surface area contributed by atoms with E-state index in [1.807, 2.05) is 31.3 Å². The predicted molar refractivity (Wildman–Crippen MR) is 94.9 cm³/mol. The van der Waals surface area contributed by atoms with Gasteiger partial charge in [0.25, 0.3) is 0 Å². The van der Waals surface area contributed by atoms with Crippen LogP contribution >= 0.6 is 0 Å². The summed E-state index contributed by atoms with van der Waals surface area (Å²) < 4.78 is 5.90. The highest BCUT2D eigenvalue weighted by atomic mass is 16.5. The largest absolute Gasteiger partial charge is 0.489 e. The van der Waals surface area contributed by atoms with Gasteiger partial charge >= 0.3 is 0 Å². The van der Waals surface area contributed by atoms with Crippen LogP contribution in [-0.2, 0) is 13.2 Å². The van der Waals surface area contributed by atoms with Crippen LogP contribution in [0.3, 0.4) is 0 Å². The molecule has 24 heavy (non-hydrogen) atoms. The molecule has 0 unspecified atom stereocenters. The van der Waals surface area contributed by atoms with E-state index in [0.717, 1.165) is 47.5 Å². The van der Waals surface area contributed by atoms with Gasteiger partial charge in [0.05, 0.1) is 11.2 Å². The maximum Gasteiger partial charge on any atom is 0.120 e. The lowest BCUT2D eigenvalue weighted by molar-refractivity contribution is 0.306. The standard InChI is InChI=1S/C18H23N5O/c1-19-9-10-23(2)12-18-16-11-15(3-4-17(16)21-22-18)24-13-14-5-7-20-8-6-14/h3-8,11,19H,9-10,12-13H2,1-2H3,(H,21,22). The number of aromatic amines is 1. The molecule has 6 nitrogen and oxygen atoms in total. The average Bonchev–Trinajstić information content (AvgIpc) is 3.01. The molecular formula is C18H23N5O. The summed E-state index contributed by atoms with van der Waals surface area (Å²) in [4.78, 5) is 6.26. The Morgan fingerprint density at radius 2 is 2.04 bits per heavy atom. The van der Waals surface area contributed by atoms with E-state index in [9.17, 15) is 0 Å². The van der Waals surface area contributed by atoms with E-state index in [1.165, 1.54) is 0 Å². The van der Waals surface area contributed by atoms with Crippen LogP contribution in [0.1, 0.15) is 11.3 Å². The van der Waals surface area contributed by atoms with Crippen molar-refractivity contribution in [2.24, 2.45) is 0 Å². The van der Waals surface area contributed by atoms with E-state index in [1.54, 1.807) is 12.4 Å². The fourth-order valence-electron chi connectivity index (χ4n) is 2.54. The van der Waals surface area contributed by atoms with Crippen molar-refractivity contribution in [3.63, 3.8) is 0 Å². The number of hydrogen-bond acceptors (Lipinski definition) is 5. The molecule has 0 radical (unpaired) electrons. The summed E-state index contributed by atoms with van der Waals surface area (Å²) >= 11 is 0. The third kappa shape index (κ3) is 4.10. The molecular weight excluding hydrogens is 302 g/mol. The van der Waals surface area contributed by atoms with Gasteiger partial charge in [-0.2, -0.15) is 5.10 Å². The van der Waals surface area contributed by atoms with Crippen LogP contribution in [0.5, 0.6) is 5.75 Å². The van der Waals surface area contributed by atoms with Crippen molar-refractivity contribution in [1.82, 2.24) is 25.4 Å². The van der Waals surface area contributed by atoms with Gasteiger partial charge in [-0.15, -0.1) is 0 Å². The number of rotatable bonds is 8. The van der Waals surface area contributed by atoms with Crippen molar-refractivity contribution >= 4 is 10.9 Å². The Hall–Kier alpha value is -2.44. The molecule has 1 aromatic carbocycles. The molecule has 3 aromatic rings. The Morgan fingerprint density at radius 3 is 2.83 bits per heavy atom. The van der Waals surface area contributed by atoms with E-state index < -0.39 is 0 Å². The van der Waals surface area contributed by atoms with Gasteiger partial charge in [-0.1, -0.05) is 0 Å². The van der Waals surface area contributed by atoms with E-state index in [0.29, 0.717) is 6.61 Å². The average molecular weight is 325 g/mol. The molecule has 2 N–H and O–H groups in total. The zero-order valence-corrected chi connectivity index (χ0v) is 14.1. The lowest BCUT2D eigenvalue weighted by Gasteiger charge is -2.15. The molecule has 0 aliphatic rings. The molecule has 0 spiro atoms. The number of aromatic nitrogens is 3. The molecule has 2 heterocycles. The number of hydrogen-bond donors (Lipinski definition) is 2. The summed E-state index contributed by atoms with van der Waals surface area (Å²) in [5.41, 5.74) is 3.17. The predicted octanol–water partition coefficient (Wildman–Crippen LogP) is 2.19. The molecule has 0 saturated heterocycles. The summed E-state index contributed by atoms with van der Waals surface area (Å²) in [5, 5.41) is 11.8. The number of nitrogens with one attached hydrogen (secondary N) is 2. The topological polar surface area (TPSA) is 66.1 Å². The Bertz CT molecular complexity index is 771. The number of pyridine rings is 1. The summed E-state index contributed by atoms with van der Waals surface area (Å²) in [6.07, 6.45) is 3.55. The van der Waals surface area contributed by atoms with Crippen LogP contribution < -0.4 is 10.1 Å². The first-order chi connectivity index (χ1) is 11.8. The molecule has 0 aliphatic heterocycles. The lowest BCUT2D eigenvalue weighted by Crippen LogP contribution is -2.27. The van der Waals surface area contributed by atoms with Crippen LogP contribution in [0, 0.1) is 0 Å². The van der Waals surface area contributed by atoms with Crippen LogP contribution in [-0.4, -0.2) is 47.3 Å². The van der Waals surface area contributed by atoms with E-state index in [4.69, 9.17) is 4.74 Å². The van der Waals surface area contributed by atoms with Crippen LogP contribution in [0.15, 0.2) is 42.7 Å². The maximum atomic E-state index is 5.90. The Balaban J connectivity index is 1.71. The summed E-state index contributed by atoms with van der Waals surface area (Å²) in [6.45, 7) is 3.26. The molecule has 0 saturated carbocycles. The number of H-pyrrole nitrogens is 1. The van der Waals surface area contributed by atoms with Crippen molar-refractivity contribution in [1.29, 1.82) is 0 Å². The fraction of sp³-hybridized carbons (Fsp3) is 0.333. The van der Waals surface area contributed by atoms with Crippen molar-refractivity contribution in [2.45, 2.75) is 13.2 Å². The second-order valence-electron chi connectivity index (χ2n) is 5.86. The molecule has 0 bridgehead atoms. The quantitative estimate of drug-likeness (QED) is 0.664. The molecule has 2 aromatic heterocycles. The fourth-order valence-corrected chi connectivity index (χ4v) is 2.54. The highest BCUT2D eigenvalue weighted by Gasteiger charge is 2.09. The Morgan fingerprint density at radius 1 is 1.21 bits per heavy atom. The van der Waals surface area contributed by atoms with Crippen molar-refractivity contribution in [3.05, 3.63) is 54.0 Å². The summed E-state index contributed by atoms with van der Waals surface area (Å²) in [5.74, 6) is 0.847. The van der Waals surface area contributed by atoms with Gasteiger partial charge in [0, 0.05) is 37.4 Å². The highest BCUT2D eigenvalue weighted by Crippen LogP contribution is 2.23. The molecule has 0 amide bonds. The van der Waals surface area contributed by atoms with Gasteiger partial charge in [-0.05, 0) is 50.0 Å². The van der Waals surface area contributed by atoms with E-state index in [-0.39, 0.29) is 0 Å². The third-order valence-corrected chi connectivity index (χ3v) is 3.93. The first-order valence-corrected chi connectivity index (χ1v) is 8.08. The van der Waals surface area contributed by atoms with Gasteiger partial charge in [0.15, 0.2) is 0 Å². The molecule has 3 rings (SSSR count). The molecule has 0 aliphatic carbocycles. The number of benzene rings is 1. The van der Waals surface area contributed by atoms with Gasteiger partial charge in [0.1, 0.15) is 12.4 Å². The first kappa shape index (κ1) is 16.4. The van der Waals surface area contributed by atoms with Crippen molar-refractivity contribution < 1.29 is 4.74 Å².